The first kappa shape index (κ1) is 20.2. The quantitative estimate of drug-likeness (QED) is 0.768. The summed E-state index contributed by atoms with van der Waals surface area (Å²) in [5.74, 6) is 0.120. The first-order valence-corrected chi connectivity index (χ1v) is 11.0. The lowest BCUT2D eigenvalue weighted by molar-refractivity contribution is 0.0552. The maximum Gasteiger partial charge on any atom is 0.272 e. The number of aromatic nitrogens is 2. The molecule has 4 rings (SSSR count). The van der Waals surface area contributed by atoms with Crippen molar-refractivity contribution in [1.29, 1.82) is 0 Å². The number of nitrogens with zero attached hydrogens (tertiary/aromatic N) is 5. The number of likely N-dealkylation sites (tertiary alicyclic amines) is 1. The summed E-state index contributed by atoms with van der Waals surface area (Å²) in [6.45, 7) is 10.4. The van der Waals surface area contributed by atoms with E-state index in [2.05, 4.69) is 21.0 Å². The van der Waals surface area contributed by atoms with E-state index in [1.54, 1.807) is 0 Å². The van der Waals surface area contributed by atoms with Crippen LogP contribution < -0.4 is 4.90 Å². The number of carbonyl (C=O) groups is 1. The van der Waals surface area contributed by atoms with Crippen molar-refractivity contribution >= 4 is 23.2 Å². The van der Waals surface area contributed by atoms with E-state index in [-0.39, 0.29) is 5.91 Å². The lowest BCUT2D eigenvalue weighted by atomic mass is 10.0. The van der Waals surface area contributed by atoms with Crippen molar-refractivity contribution < 1.29 is 4.79 Å². The molecule has 6 nitrogen and oxygen atoms in total. The van der Waals surface area contributed by atoms with Crippen LogP contribution >= 0.6 is 11.6 Å². The van der Waals surface area contributed by atoms with Crippen LogP contribution in [0.3, 0.4) is 0 Å². The number of benzene rings is 1. The second-order valence-electron chi connectivity index (χ2n) is 8.04. The number of hydrogen-bond acceptors (Lipinski definition) is 4. The predicted octanol–water partition coefficient (Wildman–Crippen LogP) is 3.29. The molecule has 0 bridgehead atoms. The smallest absolute Gasteiger partial charge is 0.272 e. The van der Waals surface area contributed by atoms with E-state index in [4.69, 9.17) is 11.6 Å². The Labute approximate surface area is 178 Å². The molecule has 2 fully saturated rings. The van der Waals surface area contributed by atoms with Crippen LogP contribution in [0.15, 0.2) is 30.3 Å². The van der Waals surface area contributed by atoms with Crippen molar-refractivity contribution in [2.24, 2.45) is 0 Å². The summed E-state index contributed by atoms with van der Waals surface area (Å²) in [6.07, 6.45) is 2.22. The molecule has 0 N–H and O–H groups in total. The molecular formula is C22H30ClN5O. The Morgan fingerprint density at radius 3 is 2.69 bits per heavy atom. The molecule has 1 unspecified atom stereocenters. The zero-order valence-corrected chi connectivity index (χ0v) is 18.1. The lowest BCUT2D eigenvalue weighted by Gasteiger charge is -2.44. The lowest BCUT2D eigenvalue weighted by Crippen LogP contribution is -2.56. The van der Waals surface area contributed by atoms with Crippen molar-refractivity contribution in [3.8, 4) is 0 Å². The van der Waals surface area contributed by atoms with Crippen LogP contribution in [0.1, 0.15) is 35.9 Å². The molecule has 1 atom stereocenters. The molecule has 3 heterocycles. The van der Waals surface area contributed by atoms with Crippen molar-refractivity contribution in [3.63, 3.8) is 0 Å². The number of hydrogen-bond donors (Lipinski definition) is 0. The molecule has 0 spiro atoms. The van der Waals surface area contributed by atoms with Gasteiger partial charge in [-0.3, -0.25) is 14.4 Å². The number of amides is 1. The van der Waals surface area contributed by atoms with Crippen LogP contribution in [0.2, 0.25) is 5.02 Å². The summed E-state index contributed by atoms with van der Waals surface area (Å²) in [5, 5.41) is 5.23. The normalized spacial score (nSPS) is 20.9. The van der Waals surface area contributed by atoms with Gasteiger partial charge in [0.25, 0.3) is 5.91 Å². The van der Waals surface area contributed by atoms with Crippen LogP contribution in [0.4, 0.5) is 5.69 Å². The monoisotopic (exact) mass is 415 g/mol. The van der Waals surface area contributed by atoms with Crippen molar-refractivity contribution in [2.45, 2.75) is 39.3 Å². The van der Waals surface area contributed by atoms with Crippen molar-refractivity contribution in [3.05, 3.63) is 46.7 Å². The number of aryl methyl sites for hydroxylation is 2. The average molecular weight is 416 g/mol. The molecule has 0 saturated carbocycles. The zero-order valence-electron chi connectivity index (χ0n) is 17.4. The third-order valence-electron chi connectivity index (χ3n) is 6.11. The molecule has 7 heteroatoms. The summed E-state index contributed by atoms with van der Waals surface area (Å²) in [6, 6.07) is 10.4. The van der Waals surface area contributed by atoms with Gasteiger partial charge >= 0.3 is 0 Å². The molecule has 29 heavy (non-hydrogen) atoms. The molecule has 2 aromatic rings. The fourth-order valence-corrected chi connectivity index (χ4v) is 4.76. The number of rotatable bonds is 4. The Balaban J connectivity index is 1.37. The Bertz CT molecular complexity index is 859. The van der Waals surface area contributed by atoms with E-state index in [1.165, 1.54) is 5.69 Å². The van der Waals surface area contributed by atoms with E-state index in [9.17, 15) is 4.79 Å². The predicted molar refractivity (Wildman–Crippen MR) is 117 cm³/mol. The summed E-state index contributed by atoms with van der Waals surface area (Å²) in [5.41, 5.74) is 2.82. The van der Waals surface area contributed by atoms with Gasteiger partial charge in [-0.15, -0.1) is 0 Å². The average Bonchev–Trinajstić information content (AvgIpc) is 3.14. The van der Waals surface area contributed by atoms with E-state index in [1.807, 2.05) is 47.7 Å². The molecule has 2 aliphatic rings. The molecule has 0 aliphatic carbocycles. The minimum Gasteiger partial charge on any atom is -0.369 e. The third kappa shape index (κ3) is 4.43. The molecule has 156 valence electrons. The summed E-state index contributed by atoms with van der Waals surface area (Å²) in [7, 11) is 0. The Morgan fingerprint density at radius 1 is 1.17 bits per heavy atom. The highest BCUT2D eigenvalue weighted by Crippen LogP contribution is 2.24. The Kier molecular flexibility index (Phi) is 6.11. The number of halogens is 1. The van der Waals surface area contributed by atoms with E-state index < -0.39 is 0 Å². The SMILES string of the molecule is CCn1nc(C)cc1C(=O)N1CCCC(N2CCN(c3cccc(Cl)c3)CC2)C1. The minimum atomic E-state index is 0.120. The van der Waals surface area contributed by atoms with Gasteiger partial charge in [0.1, 0.15) is 5.69 Å². The molecular weight excluding hydrogens is 386 g/mol. The highest BCUT2D eigenvalue weighted by atomic mass is 35.5. The maximum atomic E-state index is 13.1. The van der Waals surface area contributed by atoms with Crippen LogP contribution in [0.5, 0.6) is 0 Å². The fourth-order valence-electron chi connectivity index (χ4n) is 4.58. The maximum absolute atomic E-state index is 13.1. The highest BCUT2D eigenvalue weighted by Gasteiger charge is 2.31. The van der Waals surface area contributed by atoms with Gasteiger partial charge in [0.15, 0.2) is 0 Å². The molecule has 1 amide bonds. The van der Waals surface area contributed by atoms with E-state index >= 15 is 0 Å². The van der Waals surface area contributed by atoms with Crippen LogP contribution in [0, 0.1) is 6.92 Å². The topological polar surface area (TPSA) is 44.6 Å². The van der Waals surface area contributed by atoms with Crippen LogP contribution in [-0.4, -0.2) is 70.8 Å². The van der Waals surface area contributed by atoms with Gasteiger partial charge in [-0.2, -0.15) is 5.10 Å². The summed E-state index contributed by atoms with van der Waals surface area (Å²) in [4.78, 5) is 20.1. The Hall–Kier alpha value is -2.05. The standard InChI is InChI=1S/C22H30ClN5O/c1-3-28-21(14-17(2)24-28)22(29)27-9-5-8-20(16-27)26-12-10-25(11-13-26)19-7-4-6-18(23)15-19/h4,6-7,14-15,20H,3,5,8-13,16H2,1-2H3. The minimum absolute atomic E-state index is 0.120. The van der Waals surface area contributed by atoms with Gasteiger partial charge in [-0.25, -0.2) is 0 Å². The van der Waals surface area contributed by atoms with E-state index in [0.29, 0.717) is 6.04 Å². The molecule has 0 radical (unpaired) electrons. The van der Waals surface area contributed by atoms with Crippen LogP contribution in [-0.2, 0) is 6.54 Å². The van der Waals surface area contributed by atoms with Gasteiger partial charge in [0, 0.05) is 62.6 Å². The summed E-state index contributed by atoms with van der Waals surface area (Å²) < 4.78 is 1.82. The van der Waals surface area contributed by atoms with Gasteiger partial charge in [-0.05, 0) is 51.0 Å². The van der Waals surface area contributed by atoms with Crippen molar-refractivity contribution in [2.75, 3.05) is 44.2 Å². The Morgan fingerprint density at radius 2 is 1.97 bits per heavy atom. The van der Waals surface area contributed by atoms with Gasteiger partial charge in [-0.1, -0.05) is 17.7 Å². The number of carbonyl (C=O) groups excluding carboxylic acids is 1. The molecule has 2 aliphatic heterocycles. The highest BCUT2D eigenvalue weighted by molar-refractivity contribution is 6.30. The van der Waals surface area contributed by atoms with Gasteiger partial charge in [0.05, 0.1) is 5.69 Å². The largest absolute Gasteiger partial charge is 0.369 e. The second-order valence-corrected chi connectivity index (χ2v) is 8.47. The van der Waals surface area contributed by atoms with Gasteiger partial charge < -0.3 is 9.80 Å². The zero-order chi connectivity index (χ0) is 20.4. The van der Waals surface area contributed by atoms with Gasteiger partial charge in [0.2, 0.25) is 0 Å². The third-order valence-corrected chi connectivity index (χ3v) is 6.34. The van der Waals surface area contributed by atoms with Crippen molar-refractivity contribution in [1.82, 2.24) is 19.6 Å². The number of piperidine rings is 1. The first-order chi connectivity index (χ1) is 14.0. The number of anilines is 1. The molecule has 2 saturated heterocycles. The summed E-state index contributed by atoms with van der Waals surface area (Å²) >= 11 is 6.15. The second kappa shape index (κ2) is 8.76. The number of piperazine rings is 1. The molecule has 1 aromatic heterocycles. The van der Waals surface area contributed by atoms with E-state index in [0.717, 1.165) is 75.1 Å². The fraction of sp³-hybridized carbons (Fsp3) is 0.545. The van der Waals surface area contributed by atoms with Crippen LogP contribution in [0.25, 0.3) is 0 Å². The first-order valence-electron chi connectivity index (χ1n) is 10.6. The molecule has 1 aromatic carbocycles.